The van der Waals surface area contributed by atoms with Gasteiger partial charge in [0.2, 0.25) is 0 Å². The molecule has 1 saturated heterocycles. The monoisotopic (exact) mass is 323 g/mol. The number of amides is 2. The number of benzene rings is 1. The number of nitrogens with one attached hydrogen (secondary N) is 2. The van der Waals surface area contributed by atoms with Gasteiger partial charge in [-0.25, -0.2) is 4.79 Å². The van der Waals surface area contributed by atoms with Gasteiger partial charge in [-0.2, -0.15) is 11.8 Å². The van der Waals surface area contributed by atoms with Crippen LogP contribution in [0.1, 0.15) is 12.0 Å². The highest BCUT2D eigenvalue weighted by molar-refractivity contribution is 7.99. The molecule has 6 heteroatoms. The van der Waals surface area contributed by atoms with Gasteiger partial charge in [-0.15, -0.1) is 0 Å². The largest absolute Gasteiger partial charge is 0.396 e. The molecule has 0 unspecified atom stereocenters. The molecule has 2 amide bonds. The van der Waals surface area contributed by atoms with Gasteiger partial charge in [-0.05, 0) is 30.5 Å². The van der Waals surface area contributed by atoms with Crippen LogP contribution in [-0.2, 0) is 6.42 Å². The molecule has 1 aliphatic heterocycles. The number of carbonyl (C=O) groups is 1. The van der Waals surface area contributed by atoms with Crippen LogP contribution in [0.2, 0.25) is 0 Å². The fourth-order valence-corrected chi connectivity index (χ4v) is 3.30. The van der Waals surface area contributed by atoms with Gasteiger partial charge in [0.1, 0.15) is 0 Å². The van der Waals surface area contributed by atoms with Gasteiger partial charge in [0.15, 0.2) is 0 Å². The minimum atomic E-state index is -0.230. The van der Waals surface area contributed by atoms with Crippen molar-refractivity contribution >= 4 is 23.5 Å². The summed E-state index contributed by atoms with van der Waals surface area (Å²) in [7, 11) is 0. The summed E-state index contributed by atoms with van der Waals surface area (Å²) < 4.78 is 0. The van der Waals surface area contributed by atoms with Crippen LogP contribution < -0.4 is 10.6 Å². The summed E-state index contributed by atoms with van der Waals surface area (Å²) >= 11 is 2.03. The van der Waals surface area contributed by atoms with Crippen LogP contribution in [0, 0.1) is 0 Å². The van der Waals surface area contributed by atoms with Crippen LogP contribution in [0.4, 0.5) is 10.5 Å². The highest BCUT2D eigenvalue weighted by atomic mass is 32.2. The Labute approximate surface area is 136 Å². The molecule has 1 fully saturated rings. The highest BCUT2D eigenvalue weighted by Gasteiger charge is 2.09. The van der Waals surface area contributed by atoms with Crippen molar-refractivity contribution in [3.8, 4) is 0 Å². The fraction of sp³-hybridized carbons (Fsp3) is 0.562. The lowest BCUT2D eigenvalue weighted by atomic mass is 10.1. The van der Waals surface area contributed by atoms with E-state index >= 15 is 0 Å². The number of aliphatic hydroxyl groups is 1. The van der Waals surface area contributed by atoms with Crippen LogP contribution >= 0.6 is 11.8 Å². The molecule has 122 valence electrons. The zero-order chi connectivity index (χ0) is 15.6. The first-order valence-electron chi connectivity index (χ1n) is 7.82. The normalized spacial score (nSPS) is 15.5. The van der Waals surface area contributed by atoms with Crippen molar-refractivity contribution in [2.24, 2.45) is 0 Å². The summed E-state index contributed by atoms with van der Waals surface area (Å²) in [4.78, 5) is 14.1. The molecule has 0 saturated carbocycles. The molecule has 2 rings (SSSR count). The van der Waals surface area contributed by atoms with E-state index in [4.69, 9.17) is 5.11 Å². The third-order valence-electron chi connectivity index (χ3n) is 3.65. The molecular formula is C16H25N3O2S. The summed E-state index contributed by atoms with van der Waals surface area (Å²) in [6.45, 7) is 4.06. The maximum Gasteiger partial charge on any atom is 0.319 e. The molecule has 1 aromatic rings. The second-order valence-electron chi connectivity index (χ2n) is 5.36. The first kappa shape index (κ1) is 17.1. The van der Waals surface area contributed by atoms with Crippen molar-refractivity contribution in [2.75, 3.05) is 49.6 Å². The van der Waals surface area contributed by atoms with Gasteiger partial charge in [-0.1, -0.05) is 12.1 Å². The number of hydrogen-bond donors (Lipinski definition) is 3. The molecule has 0 radical (unpaired) electrons. The summed E-state index contributed by atoms with van der Waals surface area (Å²) in [5.41, 5.74) is 2.09. The molecule has 0 spiro atoms. The molecule has 5 nitrogen and oxygen atoms in total. The van der Waals surface area contributed by atoms with Gasteiger partial charge >= 0.3 is 6.03 Å². The lowest BCUT2D eigenvalue weighted by Crippen LogP contribution is -2.34. The van der Waals surface area contributed by atoms with E-state index in [1.807, 2.05) is 23.9 Å². The first-order valence-corrected chi connectivity index (χ1v) is 8.98. The molecule has 1 aromatic carbocycles. The molecule has 0 aliphatic carbocycles. The van der Waals surface area contributed by atoms with E-state index < -0.39 is 0 Å². The number of nitrogens with zero attached hydrogens (tertiary/aromatic N) is 1. The fourth-order valence-electron chi connectivity index (χ4n) is 2.32. The maximum atomic E-state index is 11.6. The standard InChI is InChI=1S/C16H25N3O2S/c20-11-1-7-17-16(21)18-15-4-2-14(3-5-15)6-8-19-9-12-22-13-10-19/h2-5,20H,1,6-13H2,(H2,17,18,21). The van der Waals surface area contributed by atoms with Gasteiger partial charge in [-0.3, -0.25) is 0 Å². The Morgan fingerprint density at radius 3 is 2.64 bits per heavy atom. The summed E-state index contributed by atoms with van der Waals surface area (Å²) in [5.74, 6) is 2.49. The summed E-state index contributed by atoms with van der Waals surface area (Å²) in [6.07, 6.45) is 1.62. The Morgan fingerprint density at radius 2 is 1.95 bits per heavy atom. The van der Waals surface area contributed by atoms with Crippen molar-refractivity contribution in [1.29, 1.82) is 0 Å². The number of carbonyl (C=O) groups excluding carboxylic acids is 1. The zero-order valence-corrected chi connectivity index (χ0v) is 13.7. The highest BCUT2D eigenvalue weighted by Crippen LogP contribution is 2.12. The number of rotatable bonds is 7. The Bertz CT molecular complexity index is 447. The average Bonchev–Trinajstić information content (AvgIpc) is 2.55. The van der Waals surface area contributed by atoms with Crippen molar-refractivity contribution in [2.45, 2.75) is 12.8 Å². The topological polar surface area (TPSA) is 64.6 Å². The van der Waals surface area contributed by atoms with Crippen LogP contribution in [-0.4, -0.2) is 60.3 Å². The minimum Gasteiger partial charge on any atom is -0.396 e. The minimum absolute atomic E-state index is 0.0880. The van der Waals surface area contributed by atoms with Crippen molar-refractivity contribution in [3.05, 3.63) is 29.8 Å². The molecule has 3 N–H and O–H groups in total. The number of thioether (sulfide) groups is 1. The van der Waals surface area contributed by atoms with Gasteiger partial charge in [0.25, 0.3) is 0 Å². The Kier molecular flexibility index (Phi) is 7.56. The quantitative estimate of drug-likeness (QED) is 0.669. The predicted molar refractivity (Wildman–Crippen MR) is 92.6 cm³/mol. The van der Waals surface area contributed by atoms with Crippen LogP contribution in [0.5, 0.6) is 0 Å². The van der Waals surface area contributed by atoms with E-state index in [0.29, 0.717) is 13.0 Å². The molecular weight excluding hydrogens is 298 g/mol. The van der Waals surface area contributed by atoms with Gasteiger partial charge in [0, 0.05) is 50.0 Å². The van der Waals surface area contributed by atoms with Gasteiger partial charge < -0.3 is 20.6 Å². The average molecular weight is 323 g/mol. The third-order valence-corrected chi connectivity index (χ3v) is 4.60. The van der Waals surface area contributed by atoms with E-state index in [1.54, 1.807) is 0 Å². The lowest BCUT2D eigenvalue weighted by molar-refractivity contribution is 0.249. The molecule has 22 heavy (non-hydrogen) atoms. The Hall–Kier alpha value is -1.24. The zero-order valence-electron chi connectivity index (χ0n) is 12.9. The van der Waals surface area contributed by atoms with E-state index in [-0.39, 0.29) is 12.6 Å². The molecule has 0 bridgehead atoms. The Morgan fingerprint density at radius 1 is 1.23 bits per heavy atom. The van der Waals surface area contributed by atoms with E-state index in [0.717, 1.165) is 18.7 Å². The third kappa shape index (κ3) is 6.25. The van der Waals surface area contributed by atoms with Crippen LogP contribution in [0.15, 0.2) is 24.3 Å². The second-order valence-corrected chi connectivity index (χ2v) is 6.58. The molecule has 1 aliphatic rings. The number of hydrogen-bond acceptors (Lipinski definition) is 4. The van der Waals surface area contributed by atoms with E-state index in [9.17, 15) is 4.79 Å². The molecule has 0 aromatic heterocycles. The first-order chi connectivity index (χ1) is 10.8. The van der Waals surface area contributed by atoms with Gasteiger partial charge in [0.05, 0.1) is 0 Å². The van der Waals surface area contributed by atoms with Crippen molar-refractivity contribution < 1.29 is 9.90 Å². The lowest BCUT2D eigenvalue weighted by Gasteiger charge is -2.26. The Balaban J connectivity index is 1.71. The number of aliphatic hydroxyl groups excluding tert-OH is 1. The maximum absolute atomic E-state index is 11.6. The molecule has 0 atom stereocenters. The van der Waals surface area contributed by atoms with Crippen molar-refractivity contribution in [1.82, 2.24) is 10.2 Å². The van der Waals surface area contributed by atoms with Crippen molar-refractivity contribution in [3.63, 3.8) is 0 Å². The second kappa shape index (κ2) is 9.71. The summed E-state index contributed by atoms with van der Waals surface area (Å²) in [6, 6.07) is 7.79. The van der Waals surface area contributed by atoms with Crippen LogP contribution in [0.25, 0.3) is 0 Å². The smallest absolute Gasteiger partial charge is 0.319 e. The van der Waals surface area contributed by atoms with E-state index in [1.165, 1.54) is 30.2 Å². The van der Waals surface area contributed by atoms with E-state index in [2.05, 4.69) is 27.7 Å². The SMILES string of the molecule is O=C(NCCCO)Nc1ccc(CCN2CCSCC2)cc1. The number of urea groups is 1. The predicted octanol–water partition coefficient (Wildman–Crippen LogP) is 1.78. The van der Waals surface area contributed by atoms with Crippen LogP contribution in [0.3, 0.4) is 0 Å². The number of anilines is 1. The molecule has 1 heterocycles. The summed E-state index contributed by atoms with van der Waals surface area (Å²) in [5, 5.41) is 14.2.